The lowest BCUT2D eigenvalue weighted by atomic mass is 9.93. The van der Waals surface area contributed by atoms with Crippen LogP contribution < -0.4 is 4.74 Å². The molecule has 0 aliphatic heterocycles. The predicted molar refractivity (Wildman–Crippen MR) is 80.6 cm³/mol. The molecule has 0 heterocycles. The van der Waals surface area contributed by atoms with E-state index < -0.39 is 0 Å². The van der Waals surface area contributed by atoms with Crippen molar-refractivity contribution in [3.63, 3.8) is 0 Å². The van der Waals surface area contributed by atoms with Crippen LogP contribution in [0.25, 0.3) is 0 Å². The van der Waals surface area contributed by atoms with Gasteiger partial charge < -0.3 is 4.74 Å². The minimum absolute atomic E-state index is 0.629. The standard InChI is InChI=1S/C16H23BrO/c1-18-15-10-8-13(9-11-15)12-16(17)14-6-4-2-3-5-7-14/h8-11,14,16H,2-7,12H2,1H3. The lowest BCUT2D eigenvalue weighted by Crippen LogP contribution is -2.16. The predicted octanol–water partition coefficient (Wildman–Crippen LogP) is 4.97. The second kappa shape index (κ2) is 7.18. The summed E-state index contributed by atoms with van der Waals surface area (Å²) in [6.45, 7) is 0. The molecule has 18 heavy (non-hydrogen) atoms. The van der Waals surface area contributed by atoms with E-state index in [0.29, 0.717) is 4.83 Å². The van der Waals surface area contributed by atoms with Gasteiger partial charge in [-0.15, -0.1) is 0 Å². The molecule has 0 bridgehead atoms. The molecule has 0 radical (unpaired) electrons. The molecule has 1 saturated carbocycles. The van der Waals surface area contributed by atoms with Gasteiger partial charge in [0.15, 0.2) is 0 Å². The lowest BCUT2D eigenvalue weighted by molar-refractivity contribution is 0.414. The molecule has 1 aliphatic rings. The minimum Gasteiger partial charge on any atom is -0.497 e. The van der Waals surface area contributed by atoms with Crippen LogP contribution in [-0.2, 0) is 6.42 Å². The van der Waals surface area contributed by atoms with Crippen molar-refractivity contribution in [2.75, 3.05) is 7.11 Å². The summed E-state index contributed by atoms with van der Waals surface area (Å²) >= 11 is 3.92. The number of hydrogen-bond donors (Lipinski definition) is 0. The van der Waals surface area contributed by atoms with Gasteiger partial charge in [-0.2, -0.15) is 0 Å². The van der Waals surface area contributed by atoms with E-state index in [1.54, 1.807) is 7.11 Å². The number of ether oxygens (including phenoxy) is 1. The number of rotatable bonds is 4. The highest BCUT2D eigenvalue weighted by molar-refractivity contribution is 9.09. The second-order valence-electron chi connectivity index (χ2n) is 5.32. The molecular formula is C16H23BrO. The van der Waals surface area contributed by atoms with Crippen LogP contribution in [0, 0.1) is 5.92 Å². The van der Waals surface area contributed by atoms with Gasteiger partial charge in [-0.05, 0) is 42.9 Å². The molecule has 0 saturated heterocycles. The molecule has 1 fully saturated rings. The van der Waals surface area contributed by atoms with Gasteiger partial charge >= 0.3 is 0 Å². The first-order chi connectivity index (χ1) is 8.79. The van der Waals surface area contributed by atoms with Crippen LogP contribution in [0.3, 0.4) is 0 Å². The highest BCUT2D eigenvalue weighted by Crippen LogP contribution is 2.31. The van der Waals surface area contributed by atoms with Crippen LogP contribution in [0.15, 0.2) is 24.3 Å². The summed E-state index contributed by atoms with van der Waals surface area (Å²) in [6.07, 6.45) is 9.61. The van der Waals surface area contributed by atoms with Crippen molar-refractivity contribution < 1.29 is 4.74 Å². The Morgan fingerprint density at radius 1 is 1.11 bits per heavy atom. The number of halogens is 1. The first-order valence-corrected chi connectivity index (χ1v) is 7.98. The van der Waals surface area contributed by atoms with Gasteiger partial charge in [0.2, 0.25) is 0 Å². The average Bonchev–Trinajstić information content (AvgIpc) is 2.68. The molecule has 0 N–H and O–H groups in total. The van der Waals surface area contributed by atoms with Crippen LogP contribution in [0.4, 0.5) is 0 Å². The Morgan fingerprint density at radius 2 is 1.72 bits per heavy atom. The lowest BCUT2D eigenvalue weighted by Gasteiger charge is -2.21. The molecule has 100 valence electrons. The fraction of sp³-hybridized carbons (Fsp3) is 0.625. The summed E-state index contributed by atoms with van der Waals surface area (Å²) in [5.41, 5.74) is 1.40. The van der Waals surface area contributed by atoms with E-state index in [9.17, 15) is 0 Å². The average molecular weight is 311 g/mol. The summed E-state index contributed by atoms with van der Waals surface area (Å²) in [5.74, 6) is 1.80. The molecule has 1 unspecified atom stereocenters. The zero-order valence-corrected chi connectivity index (χ0v) is 12.8. The Bertz CT molecular complexity index is 339. The van der Waals surface area contributed by atoms with Gasteiger partial charge in [0.1, 0.15) is 5.75 Å². The summed E-state index contributed by atoms with van der Waals surface area (Å²) in [4.78, 5) is 0.629. The highest BCUT2D eigenvalue weighted by atomic mass is 79.9. The second-order valence-corrected chi connectivity index (χ2v) is 6.50. The molecule has 1 nitrogen and oxygen atoms in total. The Labute approximate surface area is 119 Å². The third kappa shape index (κ3) is 4.01. The van der Waals surface area contributed by atoms with E-state index in [1.165, 1.54) is 44.1 Å². The first kappa shape index (κ1) is 13.9. The van der Waals surface area contributed by atoms with E-state index in [2.05, 4.69) is 40.2 Å². The maximum atomic E-state index is 5.20. The maximum Gasteiger partial charge on any atom is 0.118 e. The highest BCUT2D eigenvalue weighted by Gasteiger charge is 2.20. The van der Waals surface area contributed by atoms with Gasteiger partial charge in [0.05, 0.1) is 7.11 Å². The summed E-state index contributed by atoms with van der Waals surface area (Å²) in [7, 11) is 1.72. The smallest absolute Gasteiger partial charge is 0.118 e. The maximum absolute atomic E-state index is 5.20. The molecule has 1 aliphatic carbocycles. The summed E-state index contributed by atoms with van der Waals surface area (Å²) in [6, 6.07) is 8.48. The Balaban J connectivity index is 1.90. The molecule has 0 spiro atoms. The zero-order valence-electron chi connectivity index (χ0n) is 11.2. The number of benzene rings is 1. The third-order valence-corrected chi connectivity index (χ3v) is 5.07. The van der Waals surface area contributed by atoms with Crippen molar-refractivity contribution in [3.05, 3.63) is 29.8 Å². The van der Waals surface area contributed by atoms with Crippen LogP contribution in [0.5, 0.6) is 5.75 Å². The van der Waals surface area contributed by atoms with E-state index in [1.807, 2.05) is 0 Å². The van der Waals surface area contributed by atoms with Crippen molar-refractivity contribution >= 4 is 15.9 Å². The molecule has 2 rings (SSSR count). The molecule has 1 aromatic carbocycles. The van der Waals surface area contributed by atoms with Crippen molar-refractivity contribution in [1.29, 1.82) is 0 Å². The van der Waals surface area contributed by atoms with Gasteiger partial charge in [-0.25, -0.2) is 0 Å². The quantitative estimate of drug-likeness (QED) is 0.563. The van der Waals surface area contributed by atoms with E-state index in [4.69, 9.17) is 4.74 Å². The molecular weight excluding hydrogens is 288 g/mol. The van der Waals surface area contributed by atoms with Gasteiger partial charge in [0, 0.05) is 4.83 Å². The number of alkyl halides is 1. The van der Waals surface area contributed by atoms with Crippen LogP contribution in [0.1, 0.15) is 44.1 Å². The monoisotopic (exact) mass is 310 g/mol. The van der Waals surface area contributed by atoms with Crippen molar-refractivity contribution in [3.8, 4) is 5.75 Å². The van der Waals surface area contributed by atoms with Crippen LogP contribution >= 0.6 is 15.9 Å². The minimum atomic E-state index is 0.629. The summed E-state index contributed by atoms with van der Waals surface area (Å²) < 4.78 is 5.20. The number of hydrogen-bond acceptors (Lipinski definition) is 1. The Kier molecular flexibility index (Phi) is 5.55. The van der Waals surface area contributed by atoms with Crippen molar-refractivity contribution in [1.82, 2.24) is 0 Å². The molecule has 2 heteroatoms. The van der Waals surface area contributed by atoms with Crippen LogP contribution in [-0.4, -0.2) is 11.9 Å². The molecule has 1 aromatic rings. The number of methoxy groups -OCH3 is 1. The SMILES string of the molecule is COc1ccc(CC(Br)C2CCCCCC2)cc1. The Hall–Kier alpha value is -0.500. The van der Waals surface area contributed by atoms with Gasteiger partial charge in [-0.1, -0.05) is 53.7 Å². The molecule has 1 atom stereocenters. The normalized spacial score (nSPS) is 19.2. The zero-order chi connectivity index (χ0) is 12.8. The largest absolute Gasteiger partial charge is 0.497 e. The fourth-order valence-electron chi connectivity index (χ4n) is 2.83. The first-order valence-electron chi connectivity index (χ1n) is 7.06. The van der Waals surface area contributed by atoms with Crippen molar-refractivity contribution in [2.24, 2.45) is 5.92 Å². The molecule has 0 amide bonds. The van der Waals surface area contributed by atoms with Gasteiger partial charge in [-0.3, -0.25) is 0 Å². The van der Waals surface area contributed by atoms with Crippen molar-refractivity contribution in [2.45, 2.75) is 49.8 Å². The Morgan fingerprint density at radius 3 is 2.28 bits per heavy atom. The molecule has 0 aromatic heterocycles. The topological polar surface area (TPSA) is 9.23 Å². The van der Waals surface area contributed by atoms with E-state index in [-0.39, 0.29) is 0 Å². The van der Waals surface area contributed by atoms with E-state index in [0.717, 1.165) is 18.1 Å². The van der Waals surface area contributed by atoms with E-state index >= 15 is 0 Å². The fourth-order valence-corrected chi connectivity index (χ4v) is 3.73. The van der Waals surface area contributed by atoms with Gasteiger partial charge in [0.25, 0.3) is 0 Å². The summed E-state index contributed by atoms with van der Waals surface area (Å²) in [5, 5.41) is 0. The van der Waals surface area contributed by atoms with Crippen LogP contribution in [0.2, 0.25) is 0 Å². The third-order valence-electron chi connectivity index (χ3n) is 4.00.